The second kappa shape index (κ2) is 5.77. The lowest BCUT2D eigenvalue weighted by molar-refractivity contribution is -0.121. The normalized spacial score (nSPS) is 14.6. The molecule has 0 aliphatic carbocycles. The van der Waals surface area contributed by atoms with Crippen LogP contribution in [0.2, 0.25) is 0 Å². The van der Waals surface area contributed by atoms with Gasteiger partial charge in [-0.3, -0.25) is 4.79 Å². The molecule has 0 aromatic heterocycles. The van der Waals surface area contributed by atoms with E-state index in [0.29, 0.717) is 6.54 Å². The van der Waals surface area contributed by atoms with Gasteiger partial charge in [0.1, 0.15) is 6.04 Å². The zero-order valence-electron chi connectivity index (χ0n) is 11.4. The first-order valence-corrected chi connectivity index (χ1v) is 6.56. The van der Waals surface area contributed by atoms with Crippen LogP contribution in [-0.4, -0.2) is 36.1 Å². The summed E-state index contributed by atoms with van der Waals surface area (Å²) in [6.45, 7) is 6.58. The summed E-state index contributed by atoms with van der Waals surface area (Å²) in [5.41, 5.74) is 2.21. The van der Waals surface area contributed by atoms with Gasteiger partial charge in [-0.1, -0.05) is 6.08 Å². The van der Waals surface area contributed by atoms with E-state index in [-0.39, 0.29) is 17.5 Å². The summed E-state index contributed by atoms with van der Waals surface area (Å²) in [5, 5.41) is 11.8. The summed E-state index contributed by atoms with van der Waals surface area (Å²) in [6, 6.07) is 4.76. The maximum absolute atomic E-state index is 12.0. The Morgan fingerprint density at radius 3 is 2.95 bits per heavy atom. The van der Waals surface area contributed by atoms with Gasteiger partial charge in [-0.2, -0.15) is 0 Å². The van der Waals surface area contributed by atoms with Gasteiger partial charge < -0.3 is 15.3 Å². The van der Waals surface area contributed by atoms with E-state index in [2.05, 4.69) is 11.9 Å². The lowest BCUT2D eigenvalue weighted by Crippen LogP contribution is -2.44. The summed E-state index contributed by atoms with van der Waals surface area (Å²) >= 11 is 0. The molecule has 106 valence electrons. The lowest BCUT2D eigenvalue weighted by atomic mass is 10.1. The number of rotatable bonds is 5. The number of nitrogens with one attached hydrogen (secondary N) is 1. The van der Waals surface area contributed by atoms with E-state index in [1.807, 2.05) is 11.8 Å². The average molecular weight is 274 g/mol. The van der Waals surface area contributed by atoms with Crippen LogP contribution in [0.3, 0.4) is 0 Å². The quantitative estimate of drug-likeness (QED) is 0.797. The third-order valence-corrected chi connectivity index (χ3v) is 3.53. The molecule has 1 heterocycles. The van der Waals surface area contributed by atoms with E-state index < -0.39 is 5.97 Å². The smallest absolute Gasteiger partial charge is 0.335 e. The molecule has 0 saturated heterocycles. The number of hydrogen-bond acceptors (Lipinski definition) is 3. The molecule has 2 N–H and O–H groups in total. The van der Waals surface area contributed by atoms with E-state index in [0.717, 1.165) is 24.2 Å². The average Bonchev–Trinajstić information content (AvgIpc) is 2.86. The summed E-state index contributed by atoms with van der Waals surface area (Å²) in [7, 11) is 0. The summed E-state index contributed by atoms with van der Waals surface area (Å²) < 4.78 is 0. The molecular weight excluding hydrogens is 256 g/mol. The highest BCUT2D eigenvalue weighted by Gasteiger charge is 2.27. The van der Waals surface area contributed by atoms with E-state index in [1.54, 1.807) is 24.3 Å². The zero-order chi connectivity index (χ0) is 14.7. The monoisotopic (exact) mass is 274 g/mol. The number of carboxylic acids is 1. The molecule has 0 saturated carbocycles. The SMILES string of the molecule is C=CCNC(=O)C(C)N1CCc2cc(C(=O)O)ccc21. The first-order chi connectivity index (χ1) is 9.54. The van der Waals surface area contributed by atoms with Crippen molar-refractivity contribution in [1.29, 1.82) is 0 Å². The molecule has 1 aromatic carbocycles. The molecule has 0 spiro atoms. The van der Waals surface area contributed by atoms with Crippen molar-refractivity contribution in [1.82, 2.24) is 5.32 Å². The van der Waals surface area contributed by atoms with E-state index in [9.17, 15) is 9.59 Å². The van der Waals surface area contributed by atoms with E-state index in [4.69, 9.17) is 5.11 Å². The van der Waals surface area contributed by atoms with E-state index in [1.165, 1.54) is 0 Å². The summed E-state index contributed by atoms with van der Waals surface area (Å²) in [5.74, 6) is -0.983. The molecule has 5 nitrogen and oxygen atoms in total. The molecule has 1 aliphatic rings. The molecule has 1 unspecified atom stereocenters. The van der Waals surface area contributed by atoms with Gasteiger partial charge in [-0.15, -0.1) is 6.58 Å². The number of carboxylic acid groups (broad SMARTS) is 1. The predicted molar refractivity (Wildman–Crippen MR) is 77.1 cm³/mol. The van der Waals surface area contributed by atoms with Crippen molar-refractivity contribution in [2.75, 3.05) is 18.0 Å². The van der Waals surface area contributed by atoms with Crippen LogP contribution in [0.15, 0.2) is 30.9 Å². The Balaban J connectivity index is 2.17. The Bertz CT molecular complexity index is 554. The fourth-order valence-electron chi connectivity index (χ4n) is 2.42. The number of carbonyl (C=O) groups is 2. The Hall–Kier alpha value is -2.30. The van der Waals surface area contributed by atoms with Crippen molar-refractivity contribution in [3.63, 3.8) is 0 Å². The maximum atomic E-state index is 12.0. The lowest BCUT2D eigenvalue weighted by Gasteiger charge is -2.26. The Morgan fingerprint density at radius 2 is 2.30 bits per heavy atom. The standard InChI is InChI=1S/C15H18N2O3/c1-3-7-16-14(18)10(2)17-8-6-11-9-12(15(19)20)4-5-13(11)17/h3-5,9-10H,1,6-8H2,2H3,(H,16,18)(H,19,20). The number of benzene rings is 1. The minimum atomic E-state index is -0.928. The van der Waals surface area contributed by atoms with Crippen molar-refractivity contribution >= 4 is 17.6 Å². The van der Waals surface area contributed by atoms with Crippen LogP contribution in [0.5, 0.6) is 0 Å². The number of fused-ring (bicyclic) bond motifs is 1. The number of aromatic carboxylic acids is 1. The first kappa shape index (κ1) is 14.1. The van der Waals surface area contributed by atoms with Crippen molar-refractivity contribution in [2.45, 2.75) is 19.4 Å². The fraction of sp³-hybridized carbons (Fsp3) is 0.333. The largest absolute Gasteiger partial charge is 0.478 e. The highest BCUT2D eigenvalue weighted by Crippen LogP contribution is 2.30. The van der Waals surface area contributed by atoms with Crippen LogP contribution in [0.1, 0.15) is 22.8 Å². The molecular formula is C15H18N2O3. The molecule has 0 radical (unpaired) electrons. The fourth-order valence-corrected chi connectivity index (χ4v) is 2.42. The highest BCUT2D eigenvalue weighted by molar-refractivity contribution is 5.90. The third kappa shape index (κ3) is 2.66. The number of hydrogen-bond donors (Lipinski definition) is 2. The molecule has 20 heavy (non-hydrogen) atoms. The Kier molecular flexibility index (Phi) is 4.08. The number of amides is 1. The van der Waals surface area contributed by atoms with Gasteiger partial charge in [0, 0.05) is 18.8 Å². The minimum Gasteiger partial charge on any atom is -0.478 e. The molecule has 0 bridgehead atoms. The van der Waals surface area contributed by atoms with Crippen LogP contribution in [0.4, 0.5) is 5.69 Å². The molecule has 1 atom stereocenters. The van der Waals surface area contributed by atoms with Gasteiger partial charge in [0.25, 0.3) is 0 Å². The van der Waals surface area contributed by atoms with Gasteiger partial charge in [0.05, 0.1) is 5.56 Å². The number of nitrogens with zero attached hydrogens (tertiary/aromatic N) is 1. The molecule has 2 rings (SSSR count). The Labute approximate surface area is 117 Å². The van der Waals surface area contributed by atoms with Gasteiger partial charge in [-0.25, -0.2) is 4.79 Å². The van der Waals surface area contributed by atoms with Gasteiger partial charge in [-0.05, 0) is 37.1 Å². The predicted octanol–water partition coefficient (Wildman–Crippen LogP) is 1.44. The molecule has 5 heteroatoms. The van der Waals surface area contributed by atoms with Crippen molar-refractivity contribution < 1.29 is 14.7 Å². The van der Waals surface area contributed by atoms with Gasteiger partial charge in [0.15, 0.2) is 0 Å². The van der Waals surface area contributed by atoms with Crippen LogP contribution < -0.4 is 10.2 Å². The third-order valence-electron chi connectivity index (χ3n) is 3.53. The number of carbonyl (C=O) groups excluding carboxylic acids is 1. The van der Waals surface area contributed by atoms with Crippen LogP contribution in [0, 0.1) is 0 Å². The molecule has 1 aromatic rings. The van der Waals surface area contributed by atoms with Crippen molar-refractivity contribution in [2.24, 2.45) is 0 Å². The number of anilines is 1. The molecule has 1 amide bonds. The topological polar surface area (TPSA) is 69.6 Å². The highest BCUT2D eigenvalue weighted by atomic mass is 16.4. The molecule has 1 aliphatic heterocycles. The maximum Gasteiger partial charge on any atom is 0.335 e. The van der Waals surface area contributed by atoms with Crippen LogP contribution >= 0.6 is 0 Å². The summed E-state index contributed by atoms with van der Waals surface area (Å²) in [4.78, 5) is 24.9. The Morgan fingerprint density at radius 1 is 1.55 bits per heavy atom. The van der Waals surface area contributed by atoms with Gasteiger partial charge in [0.2, 0.25) is 5.91 Å². The van der Waals surface area contributed by atoms with Crippen LogP contribution in [-0.2, 0) is 11.2 Å². The molecule has 0 fully saturated rings. The van der Waals surface area contributed by atoms with E-state index >= 15 is 0 Å². The first-order valence-electron chi connectivity index (χ1n) is 6.56. The van der Waals surface area contributed by atoms with Gasteiger partial charge >= 0.3 is 5.97 Å². The minimum absolute atomic E-state index is 0.0555. The second-order valence-electron chi connectivity index (χ2n) is 4.80. The zero-order valence-corrected chi connectivity index (χ0v) is 11.4. The van der Waals surface area contributed by atoms with Crippen LogP contribution in [0.25, 0.3) is 0 Å². The van der Waals surface area contributed by atoms with Crippen molar-refractivity contribution in [3.05, 3.63) is 42.0 Å². The summed E-state index contributed by atoms with van der Waals surface area (Å²) in [6.07, 6.45) is 2.40. The second-order valence-corrected chi connectivity index (χ2v) is 4.80. The van der Waals surface area contributed by atoms with Crippen molar-refractivity contribution in [3.8, 4) is 0 Å².